The average Bonchev–Trinajstić information content (AvgIpc) is 3.40. The minimum atomic E-state index is -0.567. The number of fused-ring (bicyclic) bond motifs is 1. The topological polar surface area (TPSA) is 74.9 Å². The molecule has 0 bridgehead atoms. The molecule has 0 fully saturated rings. The summed E-state index contributed by atoms with van der Waals surface area (Å²) in [6.07, 6.45) is 9.11. The molecule has 4 heterocycles. The largest absolute Gasteiger partial charge is 0.389 e. The third-order valence-electron chi connectivity index (χ3n) is 4.80. The lowest BCUT2D eigenvalue weighted by molar-refractivity contribution is 0.0531. The lowest BCUT2D eigenvalue weighted by atomic mass is 10.2. The summed E-state index contributed by atoms with van der Waals surface area (Å²) in [6, 6.07) is 4.09. The summed E-state index contributed by atoms with van der Waals surface area (Å²) in [5.74, 6) is 1.89. The van der Waals surface area contributed by atoms with Crippen molar-refractivity contribution in [2.45, 2.75) is 38.6 Å². The van der Waals surface area contributed by atoms with E-state index >= 15 is 0 Å². The molecule has 0 radical (unpaired) electrons. The van der Waals surface area contributed by atoms with Crippen molar-refractivity contribution in [1.29, 1.82) is 0 Å². The zero-order valence-corrected chi connectivity index (χ0v) is 16.9. The molecule has 0 saturated heterocycles. The second kappa shape index (κ2) is 8.30. The first kappa shape index (κ1) is 18.9. The van der Waals surface area contributed by atoms with Crippen molar-refractivity contribution < 1.29 is 9.84 Å². The van der Waals surface area contributed by atoms with Gasteiger partial charge in [0.1, 0.15) is 11.7 Å². The number of aryl methyl sites for hydroxylation is 1. The minimum Gasteiger partial charge on any atom is -0.389 e. The molecule has 2 aliphatic heterocycles. The number of nitrogens with zero attached hydrogens (tertiary/aromatic N) is 4. The molecule has 2 unspecified atom stereocenters. The molecule has 0 spiro atoms. The summed E-state index contributed by atoms with van der Waals surface area (Å²) in [4.78, 5) is 10.7. The number of ether oxygens (including phenoxy) is 1. The van der Waals surface area contributed by atoms with Crippen LogP contribution >= 0.6 is 11.3 Å². The summed E-state index contributed by atoms with van der Waals surface area (Å²) >= 11 is 1.66. The number of allylic oxidation sites excluding steroid dienone is 2. The van der Waals surface area contributed by atoms with Gasteiger partial charge >= 0.3 is 0 Å². The van der Waals surface area contributed by atoms with Gasteiger partial charge in [-0.15, -0.1) is 11.3 Å². The highest BCUT2D eigenvalue weighted by Gasteiger charge is 2.26. The fourth-order valence-electron chi connectivity index (χ4n) is 3.44. The van der Waals surface area contributed by atoms with Gasteiger partial charge in [0.2, 0.25) is 0 Å². The maximum Gasteiger partial charge on any atom is 0.162 e. The maximum absolute atomic E-state index is 10.2. The quantitative estimate of drug-likeness (QED) is 0.714. The van der Waals surface area contributed by atoms with E-state index in [2.05, 4.69) is 24.5 Å². The summed E-state index contributed by atoms with van der Waals surface area (Å²) in [7, 11) is 1.60. The van der Waals surface area contributed by atoms with Crippen LogP contribution in [0.25, 0.3) is 10.6 Å². The minimum absolute atomic E-state index is 0.0462. The number of aliphatic hydroxyl groups excluding tert-OH is 1. The average molecular weight is 400 g/mol. The number of amidine groups is 1. The predicted octanol–water partition coefficient (Wildman–Crippen LogP) is 2.57. The van der Waals surface area contributed by atoms with Crippen LogP contribution in [0.1, 0.15) is 19.2 Å². The van der Waals surface area contributed by atoms with E-state index in [0.717, 1.165) is 35.1 Å². The Bertz CT molecular complexity index is 900. The van der Waals surface area contributed by atoms with Crippen LogP contribution in [0.3, 0.4) is 0 Å². The Hall–Kier alpha value is -2.42. The molecule has 0 aromatic carbocycles. The molecule has 2 aromatic rings. The smallest absolute Gasteiger partial charge is 0.162 e. The monoisotopic (exact) mass is 399 g/mol. The van der Waals surface area contributed by atoms with Crippen LogP contribution in [-0.2, 0) is 17.7 Å². The van der Waals surface area contributed by atoms with Crippen molar-refractivity contribution in [2.75, 3.05) is 13.7 Å². The summed E-state index contributed by atoms with van der Waals surface area (Å²) in [5, 5.41) is 14.3. The van der Waals surface area contributed by atoms with Gasteiger partial charge in [-0.1, -0.05) is 12.1 Å². The van der Waals surface area contributed by atoms with E-state index in [1.165, 1.54) is 5.57 Å². The van der Waals surface area contributed by atoms with Crippen LogP contribution in [0.5, 0.6) is 0 Å². The number of aromatic nitrogens is 2. The van der Waals surface area contributed by atoms with Gasteiger partial charge in [-0.2, -0.15) is 0 Å². The Morgan fingerprint density at radius 2 is 2.29 bits per heavy atom. The molecular formula is C20H25N5O2S. The lowest BCUT2D eigenvalue weighted by Gasteiger charge is -2.24. The first-order valence-corrected chi connectivity index (χ1v) is 10.3. The number of imidazole rings is 1. The van der Waals surface area contributed by atoms with Crippen LogP contribution < -0.4 is 5.43 Å². The number of hydrogen-bond acceptors (Lipinski definition) is 7. The summed E-state index contributed by atoms with van der Waals surface area (Å²) < 4.78 is 7.11. The number of thiophene rings is 1. The van der Waals surface area contributed by atoms with Gasteiger partial charge < -0.3 is 14.4 Å². The number of aliphatic hydroxyl groups is 1. The molecule has 0 amide bonds. The Morgan fingerprint density at radius 3 is 3.04 bits per heavy atom. The van der Waals surface area contributed by atoms with E-state index in [-0.39, 0.29) is 6.17 Å². The van der Waals surface area contributed by atoms with Gasteiger partial charge in [0.15, 0.2) is 6.17 Å². The molecule has 28 heavy (non-hydrogen) atoms. The highest BCUT2D eigenvalue weighted by atomic mass is 32.1. The molecule has 4 rings (SSSR count). The number of rotatable bonds is 8. The fraction of sp³-hybridized carbons (Fsp3) is 0.400. The zero-order chi connectivity index (χ0) is 19.5. The van der Waals surface area contributed by atoms with E-state index in [4.69, 9.17) is 14.7 Å². The van der Waals surface area contributed by atoms with Crippen molar-refractivity contribution in [3.05, 3.63) is 53.5 Å². The molecule has 2 aromatic heterocycles. The van der Waals surface area contributed by atoms with Crippen molar-refractivity contribution in [3.8, 4) is 10.6 Å². The molecule has 0 aliphatic carbocycles. The Kier molecular flexibility index (Phi) is 5.61. The lowest BCUT2D eigenvalue weighted by Crippen LogP contribution is -2.38. The first-order valence-electron chi connectivity index (χ1n) is 9.37. The SMILES string of the molecule is COCC(O)Cn1cc(-c2cccs2)nc1CCC1=NC2C(C)=CC=CN2N1. The van der Waals surface area contributed by atoms with Gasteiger partial charge in [0.25, 0.3) is 0 Å². The normalized spacial score (nSPS) is 19.2. The van der Waals surface area contributed by atoms with Gasteiger partial charge in [0, 0.05) is 32.3 Å². The third kappa shape index (κ3) is 4.04. The van der Waals surface area contributed by atoms with E-state index in [1.54, 1.807) is 18.4 Å². The number of hydrogen-bond donors (Lipinski definition) is 2. The highest BCUT2D eigenvalue weighted by molar-refractivity contribution is 7.13. The van der Waals surface area contributed by atoms with Crippen LogP contribution in [-0.4, -0.2) is 51.5 Å². The molecule has 148 valence electrons. The molecule has 7 nitrogen and oxygen atoms in total. The number of aliphatic imine (C=N–C) groups is 1. The van der Waals surface area contributed by atoms with Crippen molar-refractivity contribution in [1.82, 2.24) is 20.0 Å². The van der Waals surface area contributed by atoms with Gasteiger partial charge in [0.05, 0.1) is 29.8 Å². The van der Waals surface area contributed by atoms with Crippen molar-refractivity contribution >= 4 is 17.2 Å². The maximum atomic E-state index is 10.2. The van der Waals surface area contributed by atoms with Crippen LogP contribution in [0.4, 0.5) is 0 Å². The Labute approximate surface area is 168 Å². The van der Waals surface area contributed by atoms with Gasteiger partial charge in [-0.3, -0.25) is 10.4 Å². The van der Waals surface area contributed by atoms with Crippen LogP contribution in [0, 0.1) is 0 Å². The van der Waals surface area contributed by atoms with Crippen LogP contribution in [0.15, 0.2) is 52.6 Å². The second-order valence-corrected chi connectivity index (χ2v) is 7.95. The molecule has 2 atom stereocenters. The Morgan fingerprint density at radius 1 is 1.39 bits per heavy atom. The zero-order valence-electron chi connectivity index (χ0n) is 16.1. The molecule has 8 heteroatoms. The van der Waals surface area contributed by atoms with Crippen molar-refractivity contribution in [3.63, 3.8) is 0 Å². The predicted molar refractivity (Wildman–Crippen MR) is 111 cm³/mol. The van der Waals surface area contributed by atoms with Gasteiger partial charge in [-0.05, 0) is 30.0 Å². The third-order valence-corrected chi connectivity index (χ3v) is 5.69. The molecular weight excluding hydrogens is 374 g/mol. The Balaban J connectivity index is 1.49. The fourth-order valence-corrected chi connectivity index (χ4v) is 4.12. The van der Waals surface area contributed by atoms with E-state index in [0.29, 0.717) is 13.2 Å². The molecule has 2 N–H and O–H groups in total. The first-order chi connectivity index (χ1) is 13.6. The standard InChI is InChI=1S/C20H25N5O2S/c1-14-5-3-9-25-20(14)22-18(23-25)7-8-19-21-16(17-6-4-10-28-17)12-24(19)11-15(26)13-27-2/h3-6,9-10,12,15,20,26H,7-8,11,13H2,1-2H3,(H,22,23). The number of nitrogens with one attached hydrogen (secondary N) is 1. The number of hydrazine groups is 1. The summed E-state index contributed by atoms with van der Waals surface area (Å²) in [6.45, 7) is 2.85. The molecule has 0 saturated carbocycles. The number of methoxy groups -OCH3 is 1. The molecule has 2 aliphatic rings. The highest BCUT2D eigenvalue weighted by Crippen LogP contribution is 2.25. The van der Waals surface area contributed by atoms with E-state index < -0.39 is 6.10 Å². The second-order valence-electron chi connectivity index (χ2n) is 7.00. The summed E-state index contributed by atoms with van der Waals surface area (Å²) in [5.41, 5.74) is 5.52. The van der Waals surface area contributed by atoms with Crippen LogP contribution in [0.2, 0.25) is 0 Å². The van der Waals surface area contributed by atoms with Gasteiger partial charge in [-0.25, -0.2) is 9.98 Å². The van der Waals surface area contributed by atoms with Crippen molar-refractivity contribution in [2.24, 2.45) is 4.99 Å². The van der Waals surface area contributed by atoms with E-state index in [9.17, 15) is 5.11 Å². The van der Waals surface area contributed by atoms with E-state index in [1.807, 2.05) is 39.5 Å².